The first-order valence-electron chi connectivity index (χ1n) is 6.24. The zero-order chi connectivity index (χ0) is 13.2. The first-order chi connectivity index (χ1) is 9.25. The maximum Gasteiger partial charge on any atom is 0.156 e. The highest BCUT2D eigenvalue weighted by Crippen LogP contribution is 2.24. The summed E-state index contributed by atoms with van der Waals surface area (Å²) >= 11 is 1.77. The highest BCUT2D eigenvalue weighted by atomic mass is 32.1. The van der Waals surface area contributed by atoms with Crippen molar-refractivity contribution in [3.63, 3.8) is 0 Å². The summed E-state index contributed by atoms with van der Waals surface area (Å²) in [5.74, 6) is 0.856. The lowest BCUT2D eigenvalue weighted by Gasteiger charge is -2.09. The summed E-state index contributed by atoms with van der Waals surface area (Å²) in [7, 11) is 0. The number of nitrogens with one attached hydrogen (secondary N) is 1. The largest absolute Gasteiger partial charge is 0.363 e. The van der Waals surface area contributed by atoms with Crippen LogP contribution in [-0.4, -0.2) is 10.2 Å². The SMILES string of the molecule is Cc1ccsc1CNc1nnc(C)c2ccccc12. The molecule has 96 valence electrons. The topological polar surface area (TPSA) is 37.8 Å². The Bertz CT molecular complexity index is 718. The van der Waals surface area contributed by atoms with E-state index in [0.29, 0.717) is 0 Å². The summed E-state index contributed by atoms with van der Waals surface area (Å²) in [4.78, 5) is 1.34. The van der Waals surface area contributed by atoms with Crippen LogP contribution in [0.15, 0.2) is 35.7 Å². The number of fused-ring (bicyclic) bond motifs is 1. The highest BCUT2D eigenvalue weighted by molar-refractivity contribution is 7.10. The van der Waals surface area contributed by atoms with Crippen LogP contribution >= 0.6 is 11.3 Å². The predicted molar refractivity (Wildman–Crippen MR) is 80.7 cm³/mol. The van der Waals surface area contributed by atoms with Gasteiger partial charge in [-0.1, -0.05) is 24.3 Å². The maximum absolute atomic E-state index is 4.28. The average Bonchev–Trinajstić information content (AvgIpc) is 2.84. The van der Waals surface area contributed by atoms with Crippen molar-refractivity contribution in [1.29, 1.82) is 0 Å². The first kappa shape index (κ1) is 12.1. The van der Waals surface area contributed by atoms with Gasteiger partial charge in [0.15, 0.2) is 5.82 Å². The third-order valence-corrected chi connectivity index (χ3v) is 4.28. The first-order valence-corrected chi connectivity index (χ1v) is 7.12. The van der Waals surface area contributed by atoms with Crippen molar-refractivity contribution < 1.29 is 0 Å². The minimum absolute atomic E-state index is 0.797. The molecule has 0 amide bonds. The molecule has 0 saturated heterocycles. The van der Waals surface area contributed by atoms with Crippen molar-refractivity contribution in [1.82, 2.24) is 10.2 Å². The molecule has 0 aliphatic carbocycles. The summed E-state index contributed by atoms with van der Waals surface area (Å²) in [5, 5.41) is 16.3. The standard InChI is InChI=1S/C15H15N3S/c1-10-7-8-19-14(10)9-16-15-13-6-4-3-5-12(13)11(2)17-18-15/h3-8H,9H2,1-2H3,(H,16,18). The molecule has 3 rings (SSSR count). The fourth-order valence-corrected chi connectivity index (χ4v) is 2.96. The van der Waals surface area contributed by atoms with Gasteiger partial charge in [0.1, 0.15) is 0 Å². The molecule has 1 N–H and O–H groups in total. The van der Waals surface area contributed by atoms with Crippen LogP contribution in [0.25, 0.3) is 10.8 Å². The van der Waals surface area contributed by atoms with Gasteiger partial charge in [0, 0.05) is 15.6 Å². The van der Waals surface area contributed by atoms with Gasteiger partial charge >= 0.3 is 0 Å². The Morgan fingerprint density at radius 3 is 2.58 bits per heavy atom. The number of nitrogens with zero attached hydrogens (tertiary/aromatic N) is 2. The van der Waals surface area contributed by atoms with Crippen LogP contribution in [-0.2, 0) is 6.54 Å². The van der Waals surface area contributed by atoms with Crippen LogP contribution < -0.4 is 5.32 Å². The van der Waals surface area contributed by atoms with Crippen LogP contribution in [0.1, 0.15) is 16.1 Å². The Kier molecular flexibility index (Phi) is 3.17. The molecule has 3 nitrogen and oxygen atoms in total. The van der Waals surface area contributed by atoms with Crippen LogP contribution in [0.4, 0.5) is 5.82 Å². The van der Waals surface area contributed by atoms with E-state index in [-0.39, 0.29) is 0 Å². The molecule has 0 spiro atoms. The van der Waals surface area contributed by atoms with E-state index < -0.39 is 0 Å². The summed E-state index contributed by atoms with van der Waals surface area (Å²) in [6.45, 7) is 4.92. The fraction of sp³-hybridized carbons (Fsp3) is 0.200. The van der Waals surface area contributed by atoms with Crippen molar-refractivity contribution in [2.75, 3.05) is 5.32 Å². The van der Waals surface area contributed by atoms with E-state index in [2.05, 4.69) is 46.0 Å². The summed E-state index contributed by atoms with van der Waals surface area (Å²) in [6.07, 6.45) is 0. The van der Waals surface area contributed by atoms with E-state index in [1.807, 2.05) is 19.1 Å². The lowest BCUT2D eigenvalue weighted by Crippen LogP contribution is -2.03. The summed E-state index contributed by atoms with van der Waals surface area (Å²) in [5.41, 5.74) is 2.29. The molecule has 1 aromatic carbocycles. The zero-order valence-corrected chi connectivity index (χ0v) is 11.8. The van der Waals surface area contributed by atoms with Gasteiger partial charge in [-0.05, 0) is 30.9 Å². The second-order valence-corrected chi connectivity index (χ2v) is 5.56. The Morgan fingerprint density at radius 1 is 1.05 bits per heavy atom. The zero-order valence-electron chi connectivity index (χ0n) is 11.0. The molecule has 2 aromatic heterocycles. The van der Waals surface area contributed by atoms with Crippen LogP contribution in [0.5, 0.6) is 0 Å². The van der Waals surface area contributed by atoms with Gasteiger partial charge in [-0.3, -0.25) is 0 Å². The van der Waals surface area contributed by atoms with E-state index >= 15 is 0 Å². The smallest absolute Gasteiger partial charge is 0.156 e. The second-order valence-electron chi connectivity index (χ2n) is 4.56. The highest BCUT2D eigenvalue weighted by Gasteiger charge is 2.06. The van der Waals surface area contributed by atoms with E-state index in [4.69, 9.17) is 0 Å². The summed E-state index contributed by atoms with van der Waals surface area (Å²) < 4.78 is 0. The van der Waals surface area contributed by atoms with Crippen LogP contribution in [0, 0.1) is 13.8 Å². The van der Waals surface area contributed by atoms with Gasteiger partial charge in [0.2, 0.25) is 0 Å². The minimum atomic E-state index is 0.797. The Balaban J connectivity index is 1.93. The van der Waals surface area contributed by atoms with Gasteiger partial charge in [-0.25, -0.2) is 0 Å². The molecule has 4 heteroatoms. The molecule has 3 aromatic rings. The molecule has 0 radical (unpaired) electrons. The molecule has 0 atom stereocenters. The lowest BCUT2D eigenvalue weighted by molar-refractivity contribution is 0.985. The number of thiophene rings is 1. The van der Waals surface area contributed by atoms with E-state index in [0.717, 1.165) is 28.8 Å². The van der Waals surface area contributed by atoms with Crippen molar-refractivity contribution in [3.05, 3.63) is 51.8 Å². The number of aromatic nitrogens is 2. The van der Waals surface area contributed by atoms with E-state index in [9.17, 15) is 0 Å². The Labute approximate surface area is 116 Å². The Morgan fingerprint density at radius 2 is 1.84 bits per heavy atom. The van der Waals surface area contributed by atoms with Crippen LogP contribution in [0.2, 0.25) is 0 Å². The van der Waals surface area contributed by atoms with Crippen LogP contribution in [0.3, 0.4) is 0 Å². The molecule has 19 heavy (non-hydrogen) atoms. The van der Waals surface area contributed by atoms with Gasteiger partial charge in [-0.2, -0.15) is 5.10 Å². The average molecular weight is 269 g/mol. The van der Waals surface area contributed by atoms with Gasteiger partial charge in [0.25, 0.3) is 0 Å². The molecule has 0 aliphatic heterocycles. The number of hydrogen-bond acceptors (Lipinski definition) is 4. The second kappa shape index (κ2) is 4.97. The van der Waals surface area contributed by atoms with E-state index in [1.165, 1.54) is 10.4 Å². The van der Waals surface area contributed by atoms with E-state index in [1.54, 1.807) is 11.3 Å². The fourth-order valence-electron chi connectivity index (χ4n) is 2.12. The number of hydrogen-bond donors (Lipinski definition) is 1. The molecule has 0 fully saturated rings. The molecule has 0 bridgehead atoms. The van der Waals surface area contributed by atoms with Crippen molar-refractivity contribution in [2.24, 2.45) is 0 Å². The van der Waals surface area contributed by atoms with Crippen molar-refractivity contribution in [3.8, 4) is 0 Å². The third-order valence-electron chi connectivity index (χ3n) is 3.26. The quantitative estimate of drug-likeness (QED) is 0.783. The van der Waals surface area contributed by atoms with Gasteiger partial charge < -0.3 is 5.32 Å². The number of anilines is 1. The van der Waals surface area contributed by atoms with Crippen molar-refractivity contribution >= 4 is 27.9 Å². The third kappa shape index (κ3) is 2.31. The predicted octanol–water partition coefficient (Wildman–Crippen LogP) is 3.92. The maximum atomic E-state index is 4.28. The minimum Gasteiger partial charge on any atom is -0.363 e. The number of rotatable bonds is 3. The molecular formula is C15H15N3S. The molecule has 2 heterocycles. The van der Waals surface area contributed by atoms with Gasteiger partial charge in [-0.15, -0.1) is 16.4 Å². The molecular weight excluding hydrogens is 254 g/mol. The molecule has 0 aliphatic rings. The summed E-state index contributed by atoms with van der Waals surface area (Å²) in [6, 6.07) is 10.4. The monoisotopic (exact) mass is 269 g/mol. The lowest BCUT2D eigenvalue weighted by atomic mass is 10.1. The normalized spacial score (nSPS) is 10.8. The van der Waals surface area contributed by atoms with Crippen molar-refractivity contribution in [2.45, 2.75) is 20.4 Å². The molecule has 0 unspecified atom stereocenters. The Hall–Kier alpha value is -1.94. The molecule has 0 saturated carbocycles. The van der Waals surface area contributed by atoms with Gasteiger partial charge in [0.05, 0.1) is 12.2 Å². The number of aryl methyl sites for hydroxylation is 2. The number of benzene rings is 1.